The van der Waals surface area contributed by atoms with Crippen LogP contribution in [-0.2, 0) is 4.79 Å². The largest absolute Gasteiger partial charge is 0.394 e. The Morgan fingerprint density at radius 2 is 0.592 bits per heavy atom. The van der Waals surface area contributed by atoms with Gasteiger partial charge in [0.2, 0.25) is 5.91 Å². The SMILES string of the molecule is CCCCCCCCCCCCCC/C=C/CC/C=C/CCCC(O)C(O)C(CO)NC(=O)C(O)CCCCCCCCCCCCCCCCCC/C=C\CCCCCCCCCCCCCCCC. The molecule has 0 saturated carbocycles. The zero-order valence-electron chi connectivity index (χ0n) is 47.7. The summed E-state index contributed by atoms with van der Waals surface area (Å²) in [6.45, 7) is 4.08. The van der Waals surface area contributed by atoms with E-state index in [2.05, 4.69) is 55.6 Å². The summed E-state index contributed by atoms with van der Waals surface area (Å²) in [6.07, 6.45) is 75.4. The molecule has 0 aliphatic rings. The van der Waals surface area contributed by atoms with E-state index in [1.807, 2.05) is 0 Å². The van der Waals surface area contributed by atoms with Gasteiger partial charge in [-0.15, -0.1) is 0 Å². The molecule has 0 aliphatic carbocycles. The molecule has 0 saturated heterocycles. The van der Waals surface area contributed by atoms with Gasteiger partial charge in [0.1, 0.15) is 12.2 Å². The topological polar surface area (TPSA) is 110 Å². The van der Waals surface area contributed by atoms with Gasteiger partial charge in [-0.25, -0.2) is 0 Å². The van der Waals surface area contributed by atoms with Gasteiger partial charge in [0, 0.05) is 0 Å². The Bertz CT molecular complexity index is 1120. The smallest absolute Gasteiger partial charge is 0.249 e. The van der Waals surface area contributed by atoms with Crippen LogP contribution in [0.4, 0.5) is 0 Å². The number of carbonyl (C=O) groups is 1. The normalized spacial score (nSPS) is 13.8. The van der Waals surface area contributed by atoms with Crippen molar-refractivity contribution >= 4 is 5.91 Å². The molecule has 71 heavy (non-hydrogen) atoms. The molecule has 0 aliphatic heterocycles. The van der Waals surface area contributed by atoms with E-state index in [1.165, 1.54) is 270 Å². The molecule has 0 radical (unpaired) electrons. The van der Waals surface area contributed by atoms with Gasteiger partial charge in [0.05, 0.1) is 18.8 Å². The quantitative estimate of drug-likeness (QED) is 0.0308. The second-order valence-corrected chi connectivity index (χ2v) is 22.1. The summed E-state index contributed by atoms with van der Waals surface area (Å²) < 4.78 is 0. The second-order valence-electron chi connectivity index (χ2n) is 22.1. The fourth-order valence-electron chi connectivity index (χ4n) is 10.1. The van der Waals surface area contributed by atoms with E-state index in [0.717, 1.165) is 38.5 Å². The Kier molecular flexibility index (Phi) is 58.2. The molecule has 6 heteroatoms. The number of allylic oxidation sites excluding steroid dienone is 6. The van der Waals surface area contributed by atoms with Crippen molar-refractivity contribution in [2.24, 2.45) is 0 Å². The first-order valence-corrected chi connectivity index (χ1v) is 31.9. The van der Waals surface area contributed by atoms with Crippen molar-refractivity contribution < 1.29 is 25.2 Å². The van der Waals surface area contributed by atoms with Gasteiger partial charge in [-0.2, -0.15) is 0 Å². The first-order valence-electron chi connectivity index (χ1n) is 31.9. The van der Waals surface area contributed by atoms with Crippen LogP contribution in [0.3, 0.4) is 0 Å². The Morgan fingerprint density at radius 1 is 0.338 bits per heavy atom. The van der Waals surface area contributed by atoms with Gasteiger partial charge in [0.15, 0.2) is 0 Å². The zero-order valence-corrected chi connectivity index (χ0v) is 47.7. The molecule has 0 aromatic carbocycles. The van der Waals surface area contributed by atoms with Crippen molar-refractivity contribution in [3.05, 3.63) is 36.5 Å². The van der Waals surface area contributed by atoms with Crippen molar-refractivity contribution in [1.82, 2.24) is 5.32 Å². The van der Waals surface area contributed by atoms with Gasteiger partial charge < -0.3 is 25.7 Å². The number of hydrogen-bond acceptors (Lipinski definition) is 5. The predicted octanol–water partition coefficient (Wildman–Crippen LogP) is 19.1. The summed E-state index contributed by atoms with van der Waals surface area (Å²) in [5.74, 6) is -0.593. The molecule has 4 unspecified atom stereocenters. The molecule has 6 nitrogen and oxygen atoms in total. The fraction of sp³-hybridized carbons (Fsp3) is 0.892. The standard InChI is InChI=1S/C65H125NO5/c1-3-5-7-9-11-13-15-17-19-21-23-25-26-27-28-29-30-31-32-33-34-35-36-37-39-41-43-45-47-49-51-53-55-57-59-63(69)65(71)66-61(60-67)64(70)62(68)58-56-54-52-50-48-46-44-42-40-38-24-22-20-18-16-14-12-10-8-6-4-2/h29-30,42,44,50,52,61-64,67-70H,3-28,31-41,43,45-49,51,53-60H2,1-2H3,(H,66,71)/b30-29-,44-42+,52-50+. The van der Waals surface area contributed by atoms with Gasteiger partial charge in [-0.3, -0.25) is 4.79 Å². The van der Waals surface area contributed by atoms with Crippen LogP contribution >= 0.6 is 0 Å². The highest BCUT2D eigenvalue weighted by atomic mass is 16.3. The van der Waals surface area contributed by atoms with E-state index in [-0.39, 0.29) is 0 Å². The van der Waals surface area contributed by atoms with E-state index < -0.39 is 36.9 Å². The van der Waals surface area contributed by atoms with Crippen molar-refractivity contribution in [1.29, 1.82) is 0 Å². The number of aliphatic hydroxyl groups excluding tert-OH is 4. The third-order valence-electron chi connectivity index (χ3n) is 15.1. The summed E-state index contributed by atoms with van der Waals surface area (Å²) >= 11 is 0. The molecule has 0 heterocycles. The maximum absolute atomic E-state index is 12.6. The summed E-state index contributed by atoms with van der Waals surface area (Å²) in [6, 6.07) is -1.01. The van der Waals surface area contributed by atoms with Crippen LogP contribution in [0.2, 0.25) is 0 Å². The molecule has 0 aromatic heterocycles. The van der Waals surface area contributed by atoms with Crippen LogP contribution in [0.1, 0.15) is 341 Å². The van der Waals surface area contributed by atoms with Crippen LogP contribution < -0.4 is 5.32 Å². The van der Waals surface area contributed by atoms with Crippen molar-refractivity contribution in [3.63, 3.8) is 0 Å². The van der Waals surface area contributed by atoms with Crippen LogP contribution in [0.5, 0.6) is 0 Å². The molecule has 420 valence electrons. The molecule has 0 spiro atoms. The molecule has 0 fully saturated rings. The molecular formula is C65H125NO5. The molecule has 0 aromatic rings. The molecule has 5 N–H and O–H groups in total. The highest BCUT2D eigenvalue weighted by Crippen LogP contribution is 2.18. The van der Waals surface area contributed by atoms with Crippen molar-refractivity contribution in [3.8, 4) is 0 Å². The lowest BCUT2D eigenvalue weighted by atomic mass is 10.00. The van der Waals surface area contributed by atoms with Gasteiger partial charge >= 0.3 is 0 Å². The minimum atomic E-state index is -1.29. The van der Waals surface area contributed by atoms with Crippen molar-refractivity contribution in [2.45, 2.75) is 366 Å². The third-order valence-corrected chi connectivity index (χ3v) is 15.1. The maximum Gasteiger partial charge on any atom is 0.249 e. The van der Waals surface area contributed by atoms with E-state index in [9.17, 15) is 25.2 Å². The average Bonchev–Trinajstić information content (AvgIpc) is 3.38. The highest BCUT2D eigenvalue weighted by Gasteiger charge is 2.28. The van der Waals surface area contributed by atoms with E-state index >= 15 is 0 Å². The third kappa shape index (κ3) is 53.2. The number of rotatable bonds is 59. The average molecular weight is 1000 g/mol. The molecular weight excluding hydrogens is 875 g/mol. The first-order chi connectivity index (χ1) is 35.0. The number of hydrogen-bond donors (Lipinski definition) is 5. The van der Waals surface area contributed by atoms with Gasteiger partial charge in [0.25, 0.3) is 0 Å². The Balaban J connectivity index is 3.59. The van der Waals surface area contributed by atoms with E-state index in [4.69, 9.17) is 0 Å². The molecule has 1 amide bonds. The van der Waals surface area contributed by atoms with Crippen LogP contribution in [0.15, 0.2) is 36.5 Å². The van der Waals surface area contributed by atoms with Crippen molar-refractivity contribution in [2.75, 3.05) is 6.61 Å². The van der Waals surface area contributed by atoms with Crippen LogP contribution in [0, 0.1) is 0 Å². The van der Waals surface area contributed by atoms with Gasteiger partial charge in [-0.1, -0.05) is 301 Å². The Morgan fingerprint density at radius 3 is 0.887 bits per heavy atom. The van der Waals surface area contributed by atoms with E-state index in [1.54, 1.807) is 0 Å². The number of amides is 1. The van der Waals surface area contributed by atoms with E-state index in [0.29, 0.717) is 19.3 Å². The summed E-state index contributed by atoms with van der Waals surface area (Å²) in [4.78, 5) is 12.6. The zero-order chi connectivity index (χ0) is 51.6. The lowest BCUT2D eigenvalue weighted by molar-refractivity contribution is -0.132. The number of unbranched alkanes of at least 4 members (excludes halogenated alkanes) is 44. The number of nitrogens with one attached hydrogen (secondary N) is 1. The molecule has 4 atom stereocenters. The Hall–Kier alpha value is -1.47. The minimum absolute atomic E-state index is 0.362. The number of carbonyl (C=O) groups excluding carboxylic acids is 1. The summed E-state index contributed by atoms with van der Waals surface area (Å²) in [5, 5.41) is 44.0. The first kappa shape index (κ1) is 69.5. The maximum atomic E-state index is 12.6. The minimum Gasteiger partial charge on any atom is -0.394 e. The molecule has 0 rings (SSSR count). The molecule has 0 bridgehead atoms. The monoisotopic (exact) mass is 1000 g/mol. The fourth-order valence-corrected chi connectivity index (χ4v) is 10.1. The van der Waals surface area contributed by atoms with Crippen LogP contribution in [-0.4, -0.2) is 57.3 Å². The van der Waals surface area contributed by atoms with Gasteiger partial charge in [-0.05, 0) is 77.0 Å². The second kappa shape index (κ2) is 59.4. The summed E-state index contributed by atoms with van der Waals surface area (Å²) in [5.41, 5.74) is 0. The summed E-state index contributed by atoms with van der Waals surface area (Å²) in [7, 11) is 0. The predicted molar refractivity (Wildman–Crippen MR) is 311 cm³/mol. The number of aliphatic hydroxyl groups is 4. The highest BCUT2D eigenvalue weighted by molar-refractivity contribution is 5.80. The lowest BCUT2D eigenvalue weighted by Gasteiger charge is -2.27. The lowest BCUT2D eigenvalue weighted by Crippen LogP contribution is -2.53. The van der Waals surface area contributed by atoms with Crippen LogP contribution in [0.25, 0.3) is 0 Å². The Labute approximate surface area is 443 Å².